The van der Waals surface area contributed by atoms with Crippen molar-refractivity contribution in [3.05, 3.63) is 34.9 Å². The topological polar surface area (TPSA) is 55.8 Å². The molecular weight excluding hydrogens is 368 g/mol. The minimum Gasteiger partial charge on any atom is -0.543 e. The summed E-state index contributed by atoms with van der Waals surface area (Å²) in [6, 6.07) is 2.18. The zero-order valence-corrected chi connectivity index (χ0v) is 19.7. The minimum atomic E-state index is -1.90. The molecule has 5 heteroatoms. The Hall–Kier alpha value is -1.75. The zero-order chi connectivity index (χ0) is 21.3. The van der Waals surface area contributed by atoms with Gasteiger partial charge in [-0.2, -0.15) is 0 Å². The van der Waals surface area contributed by atoms with Gasteiger partial charge in [0.15, 0.2) is 0 Å². The van der Waals surface area contributed by atoms with Crippen molar-refractivity contribution in [3.63, 3.8) is 0 Å². The summed E-state index contributed by atoms with van der Waals surface area (Å²) in [5.74, 6) is 1.08. The van der Waals surface area contributed by atoms with Crippen molar-refractivity contribution in [1.29, 1.82) is 0 Å². The average molecular weight is 405 g/mol. The van der Waals surface area contributed by atoms with Gasteiger partial charge in [-0.25, -0.2) is 4.79 Å². The number of hydrogen-bond acceptors (Lipinski definition) is 3. The number of aliphatic carboxylic acids is 1. The molecule has 1 aliphatic heterocycles. The lowest BCUT2D eigenvalue weighted by Gasteiger charge is -2.39. The van der Waals surface area contributed by atoms with Gasteiger partial charge in [-0.05, 0) is 87.3 Å². The van der Waals surface area contributed by atoms with E-state index in [1.54, 1.807) is 6.08 Å². The number of carboxylic acid groups (broad SMARTS) is 1. The van der Waals surface area contributed by atoms with Crippen LogP contribution in [0.5, 0.6) is 11.5 Å². The molecule has 1 aliphatic rings. The van der Waals surface area contributed by atoms with Gasteiger partial charge in [-0.3, -0.25) is 0 Å². The summed E-state index contributed by atoms with van der Waals surface area (Å²) < 4.78 is 13.1. The fraction of sp³-hybridized carbons (Fsp3) is 0.609. The molecular formula is C23H36O4Si. The fourth-order valence-corrected chi connectivity index (χ4v) is 4.30. The Morgan fingerprint density at radius 3 is 2.54 bits per heavy atom. The fourth-order valence-electron chi connectivity index (χ4n) is 3.24. The first-order valence-electron chi connectivity index (χ1n) is 10.2. The third-order valence-electron chi connectivity index (χ3n) is 6.41. The number of benzene rings is 1. The lowest BCUT2D eigenvalue weighted by molar-refractivity contribution is -0.131. The van der Waals surface area contributed by atoms with E-state index in [4.69, 9.17) is 14.3 Å². The van der Waals surface area contributed by atoms with Crippen molar-refractivity contribution in [2.45, 2.75) is 91.0 Å². The molecule has 0 radical (unpaired) electrons. The zero-order valence-electron chi connectivity index (χ0n) is 18.7. The van der Waals surface area contributed by atoms with Crippen LogP contribution in [0.4, 0.5) is 0 Å². The Morgan fingerprint density at radius 1 is 1.32 bits per heavy atom. The average Bonchev–Trinajstić information content (AvgIpc) is 2.56. The van der Waals surface area contributed by atoms with E-state index in [2.05, 4.69) is 60.7 Å². The lowest BCUT2D eigenvalue weighted by atomic mass is 9.87. The van der Waals surface area contributed by atoms with Gasteiger partial charge in [-0.1, -0.05) is 26.8 Å². The van der Waals surface area contributed by atoms with Crippen LogP contribution in [0.25, 0.3) is 0 Å². The van der Waals surface area contributed by atoms with E-state index in [9.17, 15) is 4.79 Å². The van der Waals surface area contributed by atoms with Crippen LogP contribution in [0.15, 0.2) is 18.2 Å². The molecule has 1 heterocycles. The number of carbonyl (C=O) groups is 1. The Morgan fingerprint density at radius 2 is 1.96 bits per heavy atom. The predicted molar refractivity (Wildman–Crippen MR) is 117 cm³/mol. The summed E-state index contributed by atoms with van der Waals surface area (Å²) >= 11 is 0. The molecule has 1 aromatic rings. The van der Waals surface area contributed by atoms with Crippen LogP contribution in [0.2, 0.25) is 18.1 Å². The second-order valence-corrected chi connectivity index (χ2v) is 14.5. The van der Waals surface area contributed by atoms with E-state index in [1.807, 2.05) is 0 Å². The molecule has 28 heavy (non-hydrogen) atoms. The smallest absolute Gasteiger partial charge is 0.327 e. The highest BCUT2D eigenvalue weighted by Gasteiger charge is 2.40. The van der Waals surface area contributed by atoms with Crippen molar-refractivity contribution >= 4 is 14.3 Å². The highest BCUT2D eigenvalue weighted by Crippen LogP contribution is 2.44. The van der Waals surface area contributed by atoms with Crippen LogP contribution in [-0.4, -0.2) is 25.0 Å². The van der Waals surface area contributed by atoms with Crippen molar-refractivity contribution in [2.24, 2.45) is 0 Å². The number of carboxylic acids is 1. The van der Waals surface area contributed by atoms with Crippen LogP contribution in [0.1, 0.15) is 63.6 Å². The molecule has 1 atom stereocenters. The maximum atomic E-state index is 10.6. The number of rotatable bonds is 6. The Labute approximate surface area is 171 Å². The summed E-state index contributed by atoms with van der Waals surface area (Å²) in [4.78, 5) is 10.6. The predicted octanol–water partition coefficient (Wildman–Crippen LogP) is 6.19. The molecule has 0 saturated heterocycles. The third-order valence-corrected chi connectivity index (χ3v) is 10.8. The largest absolute Gasteiger partial charge is 0.543 e. The van der Waals surface area contributed by atoms with Crippen LogP contribution in [-0.2, 0) is 11.2 Å². The summed E-state index contributed by atoms with van der Waals surface area (Å²) in [5, 5.41) is 8.90. The van der Waals surface area contributed by atoms with Crippen LogP contribution in [0.3, 0.4) is 0 Å². The molecule has 0 fully saturated rings. The van der Waals surface area contributed by atoms with Crippen LogP contribution < -0.4 is 9.16 Å². The second-order valence-electron chi connectivity index (χ2n) is 9.81. The van der Waals surface area contributed by atoms with Gasteiger partial charge in [0.05, 0.1) is 0 Å². The van der Waals surface area contributed by atoms with Crippen molar-refractivity contribution in [2.75, 3.05) is 0 Å². The van der Waals surface area contributed by atoms with Crippen LogP contribution in [0, 0.1) is 13.8 Å². The summed E-state index contributed by atoms with van der Waals surface area (Å²) in [5.41, 5.74) is 3.25. The molecule has 1 N–H and O–H groups in total. The van der Waals surface area contributed by atoms with E-state index in [0.717, 1.165) is 41.9 Å². The Balaban J connectivity index is 2.24. The molecule has 0 spiro atoms. The second kappa shape index (κ2) is 7.94. The minimum absolute atomic E-state index is 0.155. The SMILES string of the molecule is Cc1c(O[Si](C)(C)C(C)(C)C)cc2c(c1C)OC(C)(CC/C=C/C(=O)O)CC2. The molecule has 0 aliphatic carbocycles. The number of fused-ring (bicyclic) bond motifs is 1. The standard InChI is InChI=1S/C23H36O4Si/c1-16-17(2)21-18(15-19(16)27-28(7,8)22(3,4)5)12-14-23(6,26-21)13-10-9-11-20(24)25/h9,11,15H,10,12-14H2,1-8H3,(H,24,25)/b11-9+. The quantitative estimate of drug-likeness (QED) is 0.453. The number of allylic oxidation sites excluding steroid dienone is 1. The number of ether oxygens (including phenoxy) is 1. The lowest BCUT2D eigenvalue weighted by Crippen LogP contribution is -2.44. The molecule has 0 aromatic heterocycles. The van der Waals surface area contributed by atoms with E-state index >= 15 is 0 Å². The van der Waals surface area contributed by atoms with Gasteiger partial charge < -0.3 is 14.3 Å². The first-order chi connectivity index (χ1) is 12.8. The molecule has 2 rings (SSSR count). The van der Waals surface area contributed by atoms with Crippen molar-refractivity contribution in [1.82, 2.24) is 0 Å². The third kappa shape index (κ3) is 4.99. The molecule has 156 valence electrons. The molecule has 0 amide bonds. The molecule has 1 aromatic carbocycles. The van der Waals surface area contributed by atoms with Crippen molar-refractivity contribution in [3.8, 4) is 11.5 Å². The van der Waals surface area contributed by atoms with Gasteiger partial charge in [-0.15, -0.1) is 0 Å². The van der Waals surface area contributed by atoms with Crippen molar-refractivity contribution < 1.29 is 19.1 Å². The molecule has 0 bridgehead atoms. The Kier molecular flexibility index (Phi) is 6.39. The Bertz CT molecular complexity index is 774. The monoisotopic (exact) mass is 404 g/mol. The van der Waals surface area contributed by atoms with E-state index in [0.29, 0.717) is 6.42 Å². The van der Waals surface area contributed by atoms with Gasteiger partial charge >= 0.3 is 5.97 Å². The van der Waals surface area contributed by atoms with E-state index in [-0.39, 0.29) is 10.6 Å². The molecule has 0 saturated carbocycles. The summed E-state index contributed by atoms with van der Waals surface area (Å²) in [7, 11) is -1.90. The van der Waals surface area contributed by atoms with Gasteiger partial charge in [0, 0.05) is 6.08 Å². The summed E-state index contributed by atoms with van der Waals surface area (Å²) in [6.07, 6.45) is 6.28. The molecule has 4 nitrogen and oxygen atoms in total. The number of hydrogen-bond donors (Lipinski definition) is 1. The molecule has 1 unspecified atom stereocenters. The van der Waals surface area contributed by atoms with E-state index in [1.165, 1.54) is 11.6 Å². The number of aryl methyl sites for hydroxylation is 1. The van der Waals surface area contributed by atoms with Gasteiger partial charge in [0.25, 0.3) is 0 Å². The maximum absolute atomic E-state index is 10.6. The highest BCUT2D eigenvalue weighted by molar-refractivity contribution is 6.74. The van der Waals surface area contributed by atoms with Gasteiger partial charge in [0.1, 0.15) is 17.1 Å². The van der Waals surface area contributed by atoms with E-state index < -0.39 is 14.3 Å². The summed E-state index contributed by atoms with van der Waals surface area (Å²) in [6.45, 7) is 17.7. The normalized spacial score (nSPS) is 20.0. The first kappa shape index (κ1) is 22.5. The first-order valence-corrected chi connectivity index (χ1v) is 13.1. The van der Waals surface area contributed by atoms with Crippen LogP contribution >= 0.6 is 0 Å². The van der Waals surface area contributed by atoms with Gasteiger partial charge in [0.2, 0.25) is 8.32 Å². The maximum Gasteiger partial charge on any atom is 0.327 e. The highest BCUT2D eigenvalue weighted by atomic mass is 28.4.